The standard InChI is InChI=1S/C41H58FN7O10/c1-12-30-41(8)33(49(38(54)59-41)18-14-13-17-48-22-28(45-46-48)27-21-43-15-16-44-27)25(4)31(50)23(2)20-39(6,55-11)35(26(5)34(52)40(7,42)37(53)57-30)58-36-32(51)29(47(9)10)19-24(3)56-36/h15-16,21-26,29-30,32-33,35-36,51H,12,17-20H2,1-11H3/t23-,24?,25+,26+,29?,30-,32?,33-,35-,36+,39-,40+,41-/m1/s1. The molecule has 18 heteroatoms. The number of carbonyl (C=O) groups excluding carboxylic acids is 4. The number of likely N-dealkylation sites (N-methyl/N-ethyl adjacent to an activating group) is 1. The number of hydrogen-bond donors (Lipinski definition) is 1. The molecule has 1 amide bonds. The van der Waals surface area contributed by atoms with Gasteiger partial charge in [-0.25, -0.2) is 18.7 Å². The van der Waals surface area contributed by atoms with Gasteiger partial charge in [0.2, 0.25) is 0 Å². The van der Waals surface area contributed by atoms with Crippen LogP contribution in [0.2, 0.25) is 0 Å². The van der Waals surface area contributed by atoms with E-state index in [1.165, 1.54) is 36.7 Å². The van der Waals surface area contributed by atoms with Crippen molar-refractivity contribution in [1.82, 2.24) is 34.8 Å². The number of methoxy groups -OCH3 is 1. The Labute approximate surface area is 344 Å². The van der Waals surface area contributed by atoms with Gasteiger partial charge in [-0.2, -0.15) is 0 Å². The van der Waals surface area contributed by atoms with Gasteiger partial charge in [0.05, 0.1) is 42.8 Å². The Bertz CT molecular complexity index is 1900. The van der Waals surface area contributed by atoms with Gasteiger partial charge in [0.25, 0.3) is 5.67 Å². The van der Waals surface area contributed by atoms with Crippen molar-refractivity contribution in [3.63, 3.8) is 0 Å². The van der Waals surface area contributed by atoms with E-state index in [0.717, 1.165) is 6.92 Å². The van der Waals surface area contributed by atoms with Crippen molar-refractivity contribution in [1.29, 1.82) is 0 Å². The zero-order chi connectivity index (χ0) is 43.6. The topological polar surface area (TPSA) is 198 Å². The Morgan fingerprint density at radius 1 is 1.03 bits per heavy atom. The molecule has 3 unspecified atom stereocenters. The second-order valence-electron chi connectivity index (χ2n) is 16.8. The van der Waals surface area contributed by atoms with Crippen LogP contribution in [0.15, 0.2) is 24.8 Å². The molecule has 17 nitrogen and oxygen atoms in total. The lowest BCUT2D eigenvalue weighted by Gasteiger charge is -2.47. The van der Waals surface area contributed by atoms with Gasteiger partial charge < -0.3 is 33.7 Å². The van der Waals surface area contributed by atoms with Crippen molar-refractivity contribution >= 4 is 23.6 Å². The van der Waals surface area contributed by atoms with E-state index in [-0.39, 0.29) is 43.9 Å². The lowest BCUT2D eigenvalue weighted by atomic mass is 9.73. The number of aliphatic hydroxyl groups is 1. The fourth-order valence-electron chi connectivity index (χ4n) is 8.85. The van der Waals surface area contributed by atoms with E-state index in [9.17, 15) is 24.3 Å². The number of Topliss-reactive ketones (excluding diaryl/α,β-unsaturated/α-hetero) is 2. The molecule has 1 N–H and O–H groups in total. The Hall–Kier alpha value is -4.41. The third-order valence-electron chi connectivity index (χ3n) is 12.2. The van der Waals surface area contributed by atoms with Crippen LogP contribution in [0.4, 0.5) is 9.18 Å². The average molecular weight is 828 g/mol. The number of fused-ring (bicyclic) bond motifs is 1. The summed E-state index contributed by atoms with van der Waals surface area (Å²) in [6, 6.07) is -1.43. The maximum absolute atomic E-state index is 16.9. The number of nitrogens with zero attached hydrogens (tertiary/aromatic N) is 7. The summed E-state index contributed by atoms with van der Waals surface area (Å²) in [6.07, 6.45) is 0.553. The Balaban J connectivity index is 1.50. The smallest absolute Gasteiger partial charge is 0.411 e. The van der Waals surface area contributed by atoms with Gasteiger partial charge in [-0.3, -0.25) is 24.5 Å². The summed E-state index contributed by atoms with van der Waals surface area (Å²) >= 11 is 0. The number of ether oxygens (including phenoxy) is 5. The Morgan fingerprint density at radius 3 is 2.36 bits per heavy atom. The van der Waals surface area contributed by atoms with Crippen LogP contribution in [-0.2, 0) is 44.6 Å². The van der Waals surface area contributed by atoms with E-state index in [2.05, 4.69) is 32.1 Å². The highest BCUT2D eigenvalue weighted by Gasteiger charge is 2.61. The molecule has 0 aromatic carbocycles. The summed E-state index contributed by atoms with van der Waals surface area (Å²) in [5.74, 6) is -0.132. The predicted molar refractivity (Wildman–Crippen MR) is 209 cm³/mol. The van der Waals surface area contributed by atoms with Crippen molar-refractivity contribution in [2.24, 2.45) is 17.8 Å². The minimum Gasteiger partial charge on any atom is -0.455 e. The van der Waals surface area contributed by atoms with Crippen molar-refractivity contribution < 1.29 is 52.4 Å². The second-order valence-corrected chi connectivity index (χ2v) is 16.8. The lowest BCUT2D eigenvalue weighted by molar-refractivity contribution is -0.295. The van der Waals surface area contributed by atoms with Crippen LogP contribution in [0.5, 0.6) is 0 Å². The van der Waals surface area contributed by atoms with Crippen LogP contribution < -0.4 is 0 Å². The SMILES string of the molecule is CC[C@H]1OC(=O)[C@@](C)(F)C(=O)[C@H](C)[C@@H](O[C@@H]2OC(C)CC(N(C)C)C2O)[C@](C)(OC)C[C@@H](C)C(=O)[C@H](C)[C@H]2N(CC#CCn3cc(-c4cnccn4)nn3)C(=O)O[C@]12C. The second kappa shape index (κ2) is 18.1. The third kappa shape index (κ3) is 9.19. The molecule has 3 saturated heterocycles. The van der Waals surface area contributed by atoms with E-state index < -0.39 is 83.1 Å². The molecular formula is C41H58FN7O10. The fraction of sp³-hybridized carbons (Fsp3) is 0.707. The number of esters is 1. The fourth-order valence-corrected chi connectivity index (χ4v) is 8.85. The quantitative estimate of drug-likeness (QED) is 0.231. The first kappa shape index (κ1) is 45.7. The van der Waals surface area contributed by atoms with Gasteiger partial charge in [0.15, 0.2) is 17.7 Å². The molecule has 324 valence electrons. The number of alkyl halides is 1. The van der Waals surface area contributed by atoms with E-state index in [4.69, 9.17) is 23.7 Å². The zero-order valence-electron chi connectivity index (χ0n) is 35.7. The first-order valence-electron chi connectivity index (χ1n) is 20.0. The minimum atomic E-state index is -3.21. The largest absolute Gasteiger partial charge is 0.455 e. The van der Waals surface area contributed by atoms with Crippen LogP contribution in [-0.4, -0.2) is 151 Å². The molecule has 3 fully saturated rings. The Kier molecular flexibility index (Phi) is 14.0. The first-order chi connectivity index (χ1) is 27.7. The van der Waals surface area contributed by atoms with Crippen molar-refractivity contribution in [2.75, 3.05) is 27.7 Å². The molecule has 5 rings (SSSR count). The molecule has 0 bridgehead atoms. The van der Waals surface area contributed by atoms with Crippen LogP contribution in [0.3, 0.4) is 0 Å². The maximum atomic E-state index is 16.9. The summed E-state index contributed by atoms with van der Waals surface area (Å²) < 4.78 is 48.7. The number of amides is 1. The molecule has 0 spiro atoms. The lowest BCUT2D eigenvalue weighted by Crippen LogP contribution is -2.61. The van der Waals surface area contributed by atoms with Gasteiger partial charge in [0, 0.05) is 43.3 Å². The average Bonchev–Trinajstić information content (AvgIpc) is 3.78. The summed E-state index contributed by atoms with van der Waals surface area (Å²) in [6.45, 7) is 12.2. The predicted octanol–water partition coefficient (Wildman–Crippen LogP) is 3.03. The van der Waals surface area contributed by atoms with Crippen LogP contribution in [0.1, 0.15) is 74.7 Å². The third-order valence-corrected chi connectivity index (χ3v) is 12.2. The maximum Gasteiger partial charge on any atom is 0.411 e. The molecule has 0 aliphatic carbocycles. The number of aliphatic hydroxyl groups excluding tert-OH is 1. The highest BCUT2D eigenvalue weighted by molar-refractivity contribution is 6.08. The molecule has 13 atom stereocenters. The summed E-state index contributed by atoms with van der Waals surface area (Å²) in [5, 5.41) is 19.6. The molecular weight excluding hydrogens is 769 g/mol. The molecule has 0 radical (unpaired) electrons. The number of halogens is 1. The summed E-state index contributed by atoms with van der Waals surface area (Å²) in [5.41, 5.74) is -5.34. The number of ketones is 2. The van der Waals surface area contributed by atoms with Gasteiger partial charge >= 0.3 is 12.1 Å². The van der Waals surface area contributed by atoms with E-state index in [0.29, 0.717) is 17.8 Å². The van der Waals surface area contributed by atoms with Crippen molar-refractivity contribution in [2.45, 2.75) is 141 Å². The van der Waals surface area contributed by atoms with E-state index >= 15 is 4.39 Å². The number of hydrogen-bond acceptors (Lipinski definition) is 15. The summed E-state index contributed by atoms with van der Waals surface area (Å²) in [7, 11) is 5.01. The monoisotopic (exact) mass is 827 g/mol. The number of rotatable bonds is 8. The normalized spacial score (nSPS) is 37.3. The van der Waals surface area contributed by atoms with E-state index in [1.54, 1.807) is 46.3 Å². The highest BCUT2D eigenvalue weighted by atomic mass is 19.1. The molecule has 59 heavy (non-hydrogen) atoms. The molecule has 3 aliphatic rings. The van der Waals surface area contributed by atoms with Gasteiger partial charge in [-0.15, -0.1) is 5.10 Å². The van der Waals surface area contributed by atoms with Gasteiger partial charge in [-0.1, -0.05) is 44.7 Å². The van der Waals surface area contributed by atoms with E-state index in [1.807, 2.05) is 25.9 Å². The first-order valence-corrected chi connectivity index (χ1v) is 20.0. The highest BCUT2D eigenvalue weighted by Crippen LogP contribution is 2.43. The Morgan fingerprint density at radius 2 is 1.73 bits per heavy atom. The number of aromatic nitrogens is 5. The molecule has 2 aromatic rings. The van der Waals surface area contributed by atoms with Crippen molar-refractivity contribution in [3.05, 3.63) is 24.8 Å². The molecule has 2 aromatic heterocycles. The molecule has 0 saturated carbocycles. The van der Waals surface area contributed by atoms with Gasteiger partial charge in [-0.05, 0) is 61.1 Å². The van der Waals surface area contributed by atoms with Crippen LogP contribution >= 0.6 is 0 Å². The van der Waals surface area contributed by atoms with Crippen LogP contribution in [0, 0.1) is 29.6 Å². The summed E-state index contributed by atoms with van der Waals surface area (Å²) in [4.78, 5) is 67.9. The minimum absolute atomic E-state index is 0.0395. The molecule has 3 aliphatic heterocycles. The zero-order valence-corrected chi connectivity index (χ0v) is 35.7. The van der Waals surface area contributed by atoms with Gasteiger partial charge in [0.1, 0.15) is 35.9 Å². The molecule has 5 heterocycles. The van der Waals surface area contributed by atoms with Crippen molar-refractivity contribution in [3.8, 4) is 23.2 Å². The van der Waals surface area contributed by atoms with Crippen LogP contribution in [0.25, 0.3) is 11.4 Å². The number of carbonyl (C=O) groups is 4. The number of cyclic esters (lactones) is 1.